The van der Waals surface area contributed by atoms with Gasteiger partial charge in [0.1, 0.15) is 19.1 Å². The highest BCUT2D eigenvalue weighted by Gasteiger charge is 2.34. The van der Waals surface area contributed by atoms with E-state index in [-0.39, 0.29) is 17.9 Å². The molecular formula is C18H29N2O2S+. The third-order valence-corrected chi connectivity index (χ3v) is 6.23. The van der Waals surface area contributed by atoms with Gasteiger partial charge in [0.15, 0.2) is 0 Å². The molecule has 2 fully saturated rings. The average Bonchev–Trinajstić information content (AvgIpc) is 3.11. The molecule has 1 aromatic heterocycles. The Labute approximate surface area is 143 Å². The molecule has 3 rings (SSSR count). The summed E-state index contributed by atoms with van der Waals surface area (Å²) in [5.74, 6) is 0.501. The van der Waals surface area contributed by atoms with Gasteiger partial charge < -0.3 is 15.0 Å². The van der Waals surface area contributed by atoms with Crippen molar-refractivity contribution in [2.24, 2.45) is 5.92 Å². The van der Waals surface area contributed by atoms with E-state index >= 15 is 0 Å². The molecule has 2 atom stereocenters. The van der Waals surface area contributed by atoms with Gasteiger partial charge in [-0.1, -0.05) is 25.3 Å². The number of rotatable bonds is 5. The monoisotopic (exact) mass is 337 g/mol. The quantitative estimate of drug-likeness (QED) is 0.860. The first-order chi connectivity index (χ1) is 11.3. The van der Waals surface area contributed by atoms with E-state index in [1.165, 1.54) is 29.0 Å². The molecule has 128 valence electrons. The molecule has 0 radical (unpaired) electrons. The zero-order valence-corrected chi connectivity index (χ0v) is 14.9. The SMILES string of the molecule is C[C@H](NC(=O)C1CCCCC1)[C@H](c1cccs1)[NH+]1CCOCC1. The number of hydrogen-bond donors (Lipinski definition) is 2. The third-order valence-electron chi connectivity index (χ3n) is 5.27. The maximum absolute atomic E-state index is 12.6. The second-order valence-electron chi connectivity index (χ2n) is 6.90. The van der Waals surface area contributed by atoms with Crippen LogP contribution in [-0.2, 0) is 9.53 Å². The second-order valence-corrected chi connectivity index (χ2v) is 7.88. The molecule has 1 aromatic rings. The van der Waals surface area contributed by atoms with Gasteiger partial charge in [0.05, 0.1) is 24.1 Å². The van der Waals surface area contributed by atoms with Crippen molar-refractivity contribution in [1.82, 2.24) is 5.32 Å². The Balaban J connectivity index is 1.67. The smallest absolute Gasteiger partial charge is 0.223 e. The maximum atomic E-state index is 12.6. The van der Waals surface area contributed by atoms with E-state index in [0.29, 0.717) is 6.04 Å². The molecule has 0 unspecified atom stereocenters. The van der Waals surface area contributed by atoms with E-state index < -0.39 is 0 Å². The number of amides is 1. The van der Waals surface area contributed by atoms with Crippen LogP contribution in [0, 0.1) is 5.92 Å². The van der Waals surface area contributed by atoms with Crippen molar-refractivity contribution in [1.29, 1.82) is 0 Å². The topological polar surface area (TPSA) is 42.8 Å². The zero-order valence-electron chi connectivity index (χ0n) is 14.1. The van der Waals surface area contributed by atoms with Gasteiger partial charge >= 0.3 is 0 Å². The lowest BCUT2D eigenvalue weighted by Gasteiger charge is -2.35. The second kappa shape index (κ2) is 8.27. The minimum absolute atomic E-state index is 0.163. The Morgan fingerprint density at radius 3 is 2.70 bits per heavy atom. The summed E-state index contributed by atoms with van der Waals surface area (Å²) in [6.07, 6.45) is 5.82. The Bertz CT molecular complexity index is 479. The van der Waals surface area contributed by atoms with Crippen LogP contribution in [0.15, 0.2) is 17.5 Å². The highest BCUT2D eigenvalue weighted by molar-refractivity contribution is 7.10. The van der Waals surface area contributed by atoms with Gasteiger partial charge in [-0.25, -0.2) is 0 Å². The van der Waals surface area contributed by atoms with Crippen molar-refractivity contribution in [3.8, 4) is 0 Å². The van der Waals surface area contributed by atoms with Gasteiger partial charge in [0.25, 0.3) is 0 Å². The zero-order chi connectivity index (χ0) is 16.1. The van der Waals surface area contributed by atoms with Crippen molar-refractivity contribution in [3.63, 3.8) is 0 Å². The fraction of sp³-hybridized carbons (Fsp3) is 0.722. The van der Waals surface area contributed by atoms with Crippen LogP contribution in [0.5, 0.6) is 0 Å². The van der Waals surface area contributed by atoms with E-state index in [9.17, 15) is 4.79 Å². The minimum Gasteiger partial charge on any atom is -0.370 e. The molecule has 2 N–H and O–H groups in total. The Kier molecular flexibility index (Phi) is 6.08. The number of carbonyl (C=O) groups is 1. The van der Waals surface area contributed by atoms with E-state index in [1.54, 1.807) is 11.3 Å². The molecule has 1 saturated carbocycles. The number of thiophene rings is 1. The number of morpholine rings is 1. The molecule has 1 saturated heterocycles. The molecule has 1 aliphatic heterocycles. The van der Waals surface area contributed by atoms with Crippen LogP contribution in [0.25, 0.3) is 0 Å². The number of nitrogens with one attached hydrogen (secondary N) is 2. The summed E-state index contributed by atoms with van der Waals surface area (Å²) >= 11 is 1.80. The predicted molar refractivity (Wildman–Crippen MR) is 92.8 cm³/mol. The van der Waals surface area contributed by atoms with Crippen molar-refractivity contribution >= 4 is 17.2 Å². The molecule has 5 heteroatoms. The number of ether oxygens (including phenoxy) is 1. The van der Waals surface area contributed by atoms with Crippen molar-refractivity contribution in [3.05, 3.63) is 22.4 Å². The number of hydrogen-bond acceptors (Lipinski definition) is 3. The average molecular weight is 338 g/mol. The Morgan fingerprint density at radius 1 is 1.30 bits per heavy atom. The molecule has 0 spiro atoms. The molecule has 0 aromatic carbocycles. The normalized spacial score (nSPS) is 23.3. The standard InChI is InChI=1S/C18H28N2O2S/c1-14(19-18(21)15-6-3-2-4-7-15)17(16-8-5-13-23-16)20-9-11-22-12-10-20/h5,8,13-15,17H,2-4,6-7,9-12H2,1H3,(H,19,21)/p+1/t14-,17+/m0/s1. The van der Waals surface area contributed by atoms with Gasteiger partial charge in [-0.05, 0) is 31.2 Å². The van der Waals surface area contributed by atoms with E-state index in [4.69, 9.17) is 4.74 Å². The molecule has 2 heterocycles. The molecule has 1 amide bonds. The largest absolute Gasteiger partial charge is 0.370 e. The summed E-state index contributed by atoms with van der Waals surface area (Å²) < 4.78 is 5.52. The lowest BCUT2D eigenvalue weighted by atomic mass is 9.88. The van der Waals surface area contributed by atoms with Crippen LogP contribution in [0.2, 0.25) is 0 Å². The Hall–Kier alpha value is -0.910. The lowest BCUT2D eigenvalue weighted by molar-refractivity contribution is -0.939. The van der Waals surface area contributed by atoms with Gasteiger partial charge in [0, 0.05) is 5.92 Å². The summed E-state index contributed by atoms with van der Waals surface area (Å²) in [6.45, 7) is 5.85. The van der Waals surface area contributed by atoms with E-state index in [2.05, 4.69) is 29.8 Å². The fourth-order valence-electron chi connectivity index (χ4n) is 4.00. The number of carbonyl (C=O) groups excluding carboxylic acids is 1. The third kappa shape index (κ3) is 4.34. The van der Waals surface area contributed by atoms with Crippen molar-refractivity contribution in [2.75, 3.05) is 26.3 Å². The predicted octanol–water partition coefficient (Wildman–Crippen LogP) is 1.79. The van der Waals surface area contributed by atoms with Gasteiger partial charge in [-0.3, -0.25) is 4.79 Å². The van der Waals surface area contributed by atoms with Gasteiger partial charge in [-0.15, -0.1) is 11.3 Å². The van der Waals surface area contributed by atoms with Crippen molar-refractivity contribution < 1.29 is 14.4 Å². The molecule has 23 heavy (non-hydrogen) atoms. The summed E-state index contributed by atoms with van der Waals surface area (Å²) in [6, 6.07) is 4.83. The minimum atomic E-state index is 0.163. The van der Waals surface area contributed by atoms with Gasteiger partial charge in [-0.2, -0.15) is 0 Å². The summed E-state index contributed by atoms with van der Waals surface area (Å²) in [5, 5.41) is 5.48. The summed E-state index contributed by atoms with van der Waals surface area (Å²) in [5.41, 5.74) is 0. The molecule has 1 aliphatic carbocycles. The maximum Gasteiger partial charge on any atom is 0.223 e. The highest BCUT2D eigenvalue weighted by atomic mass is 32.1. The van der Waals surface area contributed by atoms with Crippen LogP contribution < -0.4 is 10.2 Å². The van der Waals surface area contributed by atoms with Crippen molar-refractivity contribution in [2.45, 2.75) is 51.1 Å². The Morgan fingerprint density at radius 2 is 2.04 bits per heavy atom. The molecule has 4 nitrogen and oxygen atoms in total. The van der Waals surface area contributed by atoms with Crippen LogP contribution >= 0.6 is 11.3 Å². The fourth-order valence-corrected chi connectivity index (χ4v) is 4.99. The van der Waals surface area contributed by atoms with Crippen LogP contribution in [0.1, 0.15) is 49.9 Å². The van der Waals surface area contributed by atoms with Crippen LogP contribution in [-0.4, -0.2) is 38.3 Å². The highest BCUT2D eigenvalue weighted by Crippen LogP contribution is 2.25. The summed E-state index contributed by atoms with van der Waals surface area (Å²) in [4.78, 5) is 15.5. The van der Waals surface area contributed by atoms with E-state index in [0.717, 1.165) is 39.1 Å². The molecule has 0 bridgehead atoms. The first-order valence-electron chi connectivity index (χ1n) is 9.02. The lowest BCUT2D eigenvalue weighted by Crippen LogP contribution is -3.15. The number of quaternary nitrogens is 1. The first kappa shape index (κ1) is 16.9. The van der Waals surface area contributed by atoms with E-state index in [1.807, 2.05) is 0 Å². The molecular weight excluding hydrogens is 308 g/mol. The first-order valence-corrected chi connectivity index (χ1v) is 9.90. The van der Waals surface area contributed by atoms with Gasteiger partial charge in [0.2, 0.25) is 5.91 Å². The summed E-state index contributed by atoms with van der Waals surface area (Å²) in [7, 11) is 0. The van der Waals surface area contributed by atoms with Crippen LogP contribution in [0.3, 0.4) is 0 Å². The van der Waals surface area contributed by atoms with Crippen LogP contribution in [0.4, 0.5) is 0 Å². The molecule has 2 aliphatic rings.